The summed E-state index contributed by atoms with van der Waals surface area (Å²) in [4.78, 5) is 25.7. The third-order valence-corrected chi connectivity index (χ3v) is 3.70. The smallest absolute Gasteiger partial charge is 0.260 e. The second-order valence-electron chi connectivity index (χ2n) is 4.94. The normalized spacial score (nSPS) is 23.3. The topological polar surface area (TPSA) is 49.4 Å². The SMILES string of the molecule is O=C1Cc2ccccc2C(=O)N1CC1CCCN1. The Hall–Kier alpha value is -1.68. The molecule has 1 atom stereocenters. The highest BCUT2D eigenvalue weighted by Crippen LogP contribution is 2.20. The number of fused-ring (bicyclic) bond motifs is 1. The van der Waals surface area contributed by atoms with Crippen molar-refractivity contribution in [1.29, 1.82) is 0 Å². The van der Waals surface area contributed by atoms with E-state index in [4.69, 9.17) is 0 Å². The van der Waals surface area contributed by atoms with Crippen LogP contribution in [0.1, 0.15) is 28.8 Å². The Kier molecular flexibility index (Phi) is 2.88. The van der Waals surface area contributed by atoms with Crippen LogP contribution < -0.4 is 5.32 Å². The van der Waals surface area contributed by atoms with Gasteiger partial charge in [0, 0.05) is 18.2 Å². The number of hydrogen-bond acceptors (Lipinski definition) is 3. The molecule has 1 N–H and O–H groups in total. The van der Waals surface area contributed by atoms with Gasteiger partial charge in [0.1, 0.15) is 0 Å². The molecule has 0 spiro atoms. The zero-order chi connectivity index (χ0) is 12.5. The first kappa shape index (κ1) is 11.4. The molecule has 4 heteroatoms. The minimum atomic E-state index is -0.143. The summed E-state index contributed by atoms with van der Waals surface area (Å²) in [7, 11) is 0. The molecule has 18 heavy (non-hydrogen) atoms. The quantitative estimate of drug-likeness (QED) is 0.788. The number of imide groups is 1. The maximum atomic E-state index is 12.3. The van der Waals surface area contributed by atoms with E-state index >= 15 is 0 Å². The molecule has 0 aliphatic carbocycles. The second kappa shape index (κ2) is 4.53. The molecule has 1 saturated heterocycles. The fourth-order valence-electron chi connectivity index (χ4n) is 2.72. The van der Waals surface area contributed by atoms with E-state index in [1.807, 2.05) is 18.2 Å². The van der Waals surface area contributed by atoms with Crippen molar-refractivity contribution in [3.8, 4) is 0 Å². The van der Waals surface area contributed by atoms with Crippen LogP contribution in [0.4, 0.5) is 0 Å². The zero-order valence-corrected chi connectivity index (χ0v) is 10.2. The predicted molar refractivity (Wildman–Crippen MR) is 67.2 cm³/mol. The van der Waals surface area contributed by atoms with Crippen LogP contribution in [-0.2, 0) is 11.2 Å². The summed E-state index contributed by atoms with van der Waals surface area (Å²) in [6, 6.07) is 7.64. The maximum Gasteiger partial charge on any atom is 0.260 e. The van der Waals surface area contributed by atoms with Gasteiger partial charge in [-0.3, -0.25) is 14.5 Å². The van der Waals surface area contributed by atoms with E-state index in [1.54, 1.807) is 6.07 Å². The van der Waals surface area contributed by atoms with Gasteiger partial charge >= 0.3 is 0 Å². The van der Waals surface area contributed by atoms with Crippen molar-refractivity contribution in [1.82, 2.24) is 10.2 Å². The lowest BCUT2D eigenvalue weighted by Crippen LogP contribution is -2.47. The van der Waals surface area contributed by atoms with Crippen LogP contribution in [0.3, 0.4) is 0 Å². The molecule has 1 fully saturated rings. The molecule has 0 aromatic heterocycles. The van der Waals surface area contributed by atoms with E-state index < -0.39 is 0 Å². The van der Waals surface area contributed by atoms with Gasteiger partial charge in [-0.1, -0.05) is 18.2 Å². The average molecular weight is 244 g/mol. The molecule has 0 saturated carbocycles. The van der Waals surface area contributed by atoms with Crippen molar-refractivity contribution < 1.29 is 9.59 Å². The fourth-order valence-corrected chi connectivity index (χ4v) is 2.72. The molecule has 2 amide bonds. The third kappa shape index (κ3) is 1.93. The van der Waals surface area contributed by atoms with Crippen LogP contribution in [0.5, 0.6) is 0 Å². The Bertz CT molecular complexity index is 492. The van der Waals surface area contributed by atoms with Gasteiger partial charge in [0.05, 0.1) is 6.42 Å². The molecule has 3 rings (SSSR count). The van der Waals surface area contributed by atoms with Gasteiger partial charge in [0.25, 0.3) is 5.91 Å². The predicted octanol–water partition coefficient (Wildman–Crippen LogP) is 0.964. The summed E-state index contributed by atoms with van der Waals surface area (Å²) in [6.45, 7) is 1.49. The highest BCUT2D eigenvalue weighted by molar-refractivity contribution is 6.09. The standard InChI is InChI=1S/C14H16N2O2/c17-13-8-10-4-1-2-6-12(10)14(18)16(13)9-11-5-3-7-15-11/h1-2,4,6,11,15H,3,5,7-9H2. The summed E-state index contributed by atoms with van der Waals surface area (Å²) < 4.78 is 0. The summed E-state index contributed by atoms with van der Waals surface area (Å²) in [5, 5.41) is 3.32. The Labute approximate surface area is 106 Å². The van der Waals surface area contributed by atoms with Crippen molar-refractivity contribution in [3.05, 3.63) is 35.4 Å². The van der Waals surface area contributed by atoms with Crippen molar-refractivity contribution >= 4 is 11.8 Å². The van der Waals surface area contributed by atoms with Gasteiger partial charge in [-0.15, -0.1) is 0 Å². The van der Waals surface area contributed by atoms with Gasteiger partial charge in [0.2, 0.25) is 5.91 Å². The summed E-state index contributed by atoms with van der Waals surface area (Å²) in [6.07, 6.45) is 2.50. The summed E-state index contributed by atoms with van der Waals surface area (Å²) >= 11 is 0. The molecule has 0 radical (unpaired) electrons. The lowest BCUT2D eigenvalue weighted by Gasteiger charge is -2.28. The average Bonchev–Trinajstić information content (AvgIpc) is 2.87. The minimum Gasteiger partial charge on any atom is -0.312 e. The summed E-state index contributed by atoms with van der Waals surface area (Å²) in [5.41, 5.74) is 1.53. The van der Waals surface area contributed by atoms with E-state index in [9.17, 15) is 9.59 Å². The number of amides is 2. The number of carbonyl (C=O) groups excluding carboxylic acids is 2. The zero-order valence-electron chi connectivity index (χ0n) is 10.2. The van der Waals surface area contributed by atoms with E-state index in [2.05, 4.69) is 5.32 Å². The highest BCUT2D eigenvalue weighted by Gasteiger charge is 2.32. The highest BCUT2D eigenvalue weighted by atomic mass is 16.2. The number of nitrogens with one attached hydrogen (secondary N) is 1. The Morgan fingerprint density at radius 1 is 1.28 bits per heavy atom. The number of hydrogen-bond donors (Lipinski definition) is 1. The molecule has 1 aromatic carbocycles. The lowest BCUT2D eigenvalue weighted by molar-refractivity contribution is -0.128. The first-order valence-corrected chi connectivity index (χ1v) is 6.41. The molecule has 4 nitrogen and oxygen atoms in total. The largest absolute Gasteiger partial charge is 0.312 e. The number of benzene rings is 1. The van der Waals surface area contributed by atoms with Crippen LogP contribution in [-0.4, -0.2) is 35.8 Å². The second-order valence-corrected chi connectivity index (χ2v) is 4.94. The third-order valence-electron chi connectivity index (χ3n) is 3.70. The Balaban J connectivity index is 1.83. The van der Waals surface area contributed by atoms with Gasteiger partial charge in [-0.25, -0.2) is 0 Å². The summed E-state index contributed by atoms with van der Waals surface area (Å²) in [5.74, 6) is -0.219. The van der Waals surface area contributed by atoms with Crippen LogP contribution in [0.2, 0.25) is 0 Å². The van der Waals surface area contributed by atoms with Gasteiger partial charge in [0.15, 0.2) is 0 Å². The minimum absolute atomic E-state index is 0.0765. The number of nitrogens with zero attached hydrogens (tertiary/aromatic N) is 1. The molecular weight excluding hydrogens is 228 g/mol. The van der Waals surface area contributed by atoms with Crippen molar-refractivity contribution in [3.63, 3.8) is 0 Å². The van der Waals surface area contributed by atoms with Crippen molar-refractivity contribution in [2.24, 2.45) is 0 Å². The first-order valence-electron chi connectivity index (χ1n) is 6.41. The van der Waals surface area contributed by atoms with Gasteiger partial charge in [-0.2, -0.15) is 0 Å². The molecule has 94 valence electrons. The van der Waals surface area contributed by atoms with Crippen LogP contribution in [0.15, 0.2) is 24.3 Å². The van der Waals surface area contributed by atoms with Crippen molar-refractivity contribution in [2.75, 3.05) is 13.1 Å². The molecule has 1 aromatic rings. The Morgan fingerprint density at radius 3 is 2.89 bits per heavy atom. The van der Waals surface area contributed by atoms with Crippen LogP contribution >= 0.6 is 0 Å². The van der Waals surface area contributed by atoms with E-state index in [0.717, 1.165) is 24.9 Å². The molecule has 0 bridgehead atoms. The number of carbonyl (C=O) groups is 2. The van der Waals surface area contributed by atoms with Crippen LogP contribution in [0, 0.1) is 0 Å². The molecule has 2 aliphatic heterocycles. The van der Waals surface area contributed by atoms with Gasteiger partial charge < -0.3 is 5.32 Å². The molecule has 1 unspecified atom stereocenters. The first-order chi connectivity index (χ1) is 8.75. The Morgan fingerprint density at radius 2 is 2.11 bits per heavy atom. The monoisotopic (exact) mass is 244 g/mol. The van der Waals surface area contributed by atoms with Crippen molar-refractivity contribution in [2.45, 2.75) is 25.3 Å². The lowest BCUT2D eigenvalue weighted by atomic mass is 9.98. The van der Waals surface area contributed by atoms with Crippen LogP contribution in [0.25, 0.3) is 0 Å². The van der Waals surface area contributed by atoms with E-state index in [1.165, 1.54) is 4.90 Å². The molecular formula is C14H16N2O2. The van der Waals surface area contributed by atoms with E-state index in [-0.39, 0.29) is 17.9 Å². The fraction of sp³-hybridized carbons (Fsp3) is 0.429. The number of rotatable bonds is 2. The molecule has 2 aliphatic rings. The van der Waals surface area contributed by atoms with Gasteiger partial charge in [-0.05, 0) is 31.0 Å². The van der Waals surface area contributed by atoms with E-state index in [0.29, 0.717) is 18.5 Å². The maximum absolute atomic E-state index is 12.3. The molecule has 2 heterocycles.